The Labute approximate surface area is 920 Å². The van der Waals surface area contributed by atoms with Gasteiger partial charge in [0.1, 0.15) is 0 Å². The molecule has 149 heavy (non-hydrogen) atoms. The highest BCUT2D eigenvalue weighted by Gasteiger charge is 2.17. The number of hydrogen-bond donors (Lipinski definition) is 13. The fourth-order valence-corrected chi connectivity index (χ4v) is 19.0. The molecule has 0 bridgehead atoms. The SMILES string of the molecule is CCCCCCCCCCCCC(O)C(=O)O.CCCCCCCCCCCCCCCC(=O)OO.CCCCCCCCCCCCCCCCC(O)C(=O)O.CCCCCCCCCCCCCCCCCCC(O)C(=O)O.CCCCCCCCCCCCCCCCCCCCC(O)C(=O)O.CCCCCCCCCCCCCCCCCCCCCCCCC(O)C(=O)O.O=C(O)CCCCCCCCCCCO. The third-order valence-corrected chi connectivity index (χ3v) is 29.2. The molecule has 5 unspecified atom stereocenters. The molecule has 0 radical (unpaired) electrons. The number of unbranched alkanes of at least 4 members (excludes halogenated alkanes) is 95. The first-order valence-corrected chi connectivity index (χ1v) is 64.7. The molecule has 5 atom stereocenters. The van der Waals surface area contributed by atoms with Crippen LogP contribution in [0.1, 0.15) is 741 Å². The first-order chi connectivity index (χ1) is 72.5. The lowest BCUT2D eigenvalue weighted by Crippen LogP contribution is -2.18. The van der Waals surface area contributed by atoms with Crippen LogP contribution < -0.4 is 0 Å². The highest BCUT2D eigenvalue weighted by atomic mass is 17.1. The molecular weight excluding hydrogens is 1870 g/mol. The van der Waals surface area contributed by atoms with Gasteiger partial charge in [0.2, 0.25) is 0 Å². The van der Waals surface area contributed by atoms with Crippen LogP contribution in [0.15, 0.2) is 0 Å². The minimum Gasteiger partial charge on any atom is -0.481 e. The van der Waals surface area contributed by atoms with E-state index in [4.69, 9.17) is 61.4 Å². The summed E-state index contributed by atoms with van der Waals surface area (Å²) in [5.74, 6) is -6.65. The summed E-state index contributed by atoms with van der Waals surface area (Å²) in [6, 6.07) is 0. The standard InChI is InChI=1S/C26H52O3.C22H44O3.C20H40O3.C18H36O3.C16H32O3.C14H28O3.C12H24O3/c1-2-3-4-5-6-7-8-9-10-11-12-13-14-15-16-17-18-19-20-21-22-23-24-25(27)26(28)29;1-2-3-4-5-6-7-8-9-10-11-12-13-14-15-16-17-18-19-20-21(23)22(24)25;1-2-3-4-5-6-7-8-9-10-11-12-13-14-15-16-17-18-19(21)20(22)23;1-2-3-4-5-6-7-8-9-10-11-12-13-14-15-16-17(19)18(20)21;1-2-3-4-5-6-7-8-9-10-11-12-13-14-15-16(17)19-18;1-2-3-4-5-6-7-8-9-10-11-12-13(15)14(16)17;13-11-9-7-5-3-1-2-4-6-8-10-12(14)15/h25,27H,2-24H2,1H3,(H,28,29);21,23H,2-20H2,1H3,(H,24,25);19,21H,2-18H2,1H3,(H,22,23);17,19H,2-16H2,1H3,(H,20,21);18H,2-15H2,1H3;13,15H,2-12H2,1H3,(H,16,17);13H,1-11H2,(H,14,15). The van der Waals surface area contributed by atoms with Crippen LogP contribution in [0, 0.1) is 0 Å². The lowest BCUT2D eigenvalue weighted by Gasteiger charge is -2.05. The molecule has 0 aromatic rings. The molecule has 0 aliphatic heterocycles. The van der Waals surface area contributed by atoms with Crippen molar-refractivity contribution < 1.29 is 105 Å². The molecule has 0 aromatic carbocycles. The maximum Gasteiger partial charge on any atom is 0.342 e. The van der Waals surface area contributed by atoms with Gasteiger partial charge in [-0.3, -0.25) is 4.79 Å². The van der Waals surface area contributed by atoms with E-state index in [2.05, 4.69) is 46.4 Å². The summed E-state index contributed by atoms with van der Waals surface area (Å²) in [7, 11) is 0. The summed E-state index contributed by atoms with van der Waals surface area (Å²) in [4.78, 5) is 76.6. The summed E-state index contributed by atoms with van der Waals surface area (Å²) in [6.07, 6.45) is 129. The van der Waals surface area contributed by atoms with Gasteiger partial charge in [-0.25, -0.2) is 28.8 Å². The van der Waals surface area contributed by atoms with Crippen LogP contribution in [0.2, 0.25) is 0 Å². The van der Waals surface area contributed by atoms with Crippen molar-refractivity contribution in [2.24, 2.45) is 0 Å². The number of rotatable bonds is 115. The highest BCUT2D eigenvalue weighted by molar-refractivity contribution is 5.73. The highest BCUT2D eigenvalue weighted by Crippen LogP contribution is 2.24. The Morgan fingerprint density at radius 1 is 0.154 bits per heavy atom. The van der Waals surface area contributed by atoms with Crippen LogP contribution in [-0.2, 0) is 38.4 Å². The molecule has 0 aromatic heterocycles. The van der Waals surface area contributed by atoms with Gasteiger partial charge in [0, 0.05) is 19.4 Å². The molecule has 0 aliphatic carbocycles. The zero-order chi connectivity index (χ0) is 111. The number of aliphatic hydroxyl groups excluding tert-OH is 6. The van der Waals surface area contributed by atoms with Crippen LogP contribution in [0.25, 0.3) is 0 Å². The molecule has 21 heteroatoms. The number of carboxylic acid groups (broad SMARTS) is 6. The lowest BCUT2D eigenvalue weighted by molar-refractivity contribution is -0.234. The van der Waals surface area contributed by atoms with Crippen molar-refractivity contribution in [1.29, 1.82) is 0 Å². The maximum absolute atomic E-state index is 10.6. The van der Waals surface area contributed by atoms with Crippen molar-refractivity contribution in [2.75, 3.05) is 6.61 Å². The summed E-state index contributed by atoms with van der Waals surface area (Å²) in [5.41, 5.74) is 0. The predicted molar refractivity (Wildman–Crippen MR) is 629 cm³/mol. The van der Waals surface area contributed by atoms with E-state index < -0.39 is 72.3 Å². The van der Waals surface area contributed by atoms with Crippen LogP contribution in [0.5, 0.6) is 0 Å². The van der Waals surface area contributed by atoms with Gasteiger partial charge in [-0.1, -0.05) is 677 Å². The number of carbonyl (C=O) groups is 7. The van der Waals surface area contributed by atoms with E-state index in [1.807, 2.05) is 0 Å². The predicted octanol–water partition coefficient (Wildman–Crippen LogP) is 38.9. The third kappa shape index (κ3) is 159. The number of aliphatic carboxylic acids is 6. The van der Waals surface area contributed by atoms with Crippen LogP contribution >= 0.6 is 0 Å². The second kappa shape index (κ2) is 144. The largest absolute Gasteiger partial charge is 0.481 e. The van der Waals surface area contributed by atoms with Gasteiger partial charge in [-0.15, -0.1) is 0 Å². The van der Waals surface area contributed by atoms with Crippen molar-refractivity contribution in [3.8, 4) is 0 Å². The van der Waals surface area contributed by atoms with Gasteiger partial charge in [0.05, 0.1) is 0 Å². The van der Waals surface area contributed by atoms with Crippen molar-refractivity contribution in [3.05, 3.63) is 0 Å². The summed E-state index contributed by atoms with van der Waals surface area (Å²) in [6.45, 7) is 13.9. The molecule has 0 saturated carbocycles. The second-order valence-electron chi connectivity index (χ2n) is 44.2. The zero-order valence-corrected chi connectivity index (χ0v) is 99.2. The van der Waals surface area contributed by atoms with Gasteiger partial charge in [0.15, 0.2) is 30.5 Å². The first kappa shape index (κ1) is 158. The minimum atomic E-state index is -1.17. The Morgan fingerprint density at radius 3 is 0.356 bits per heavy atom. The molecule has 0 heterocycles. The molecule has 0 spiro atoms. The molecule has 0 saturated heterocycles. The molecule has 0 rings (SSSR count). The molecule has 0 aliphatic rings. The maximum atomic E-state index is 10.6. The van der Waals surface area contributed by atoms with E-state index in [9.17, 15) is 38.7 Å². The lowest BCUT2D eigenvalue weighted by atomic mass is 10.0. The molecule has 21 nitrogen and oxygen atoms in total. The van der Waals surface area contributed by atoms with E-state index in [0.29, 0.717) is 51.6 Å². The molecule has 13 N–H and O–H groups in total. The average molecular weight is 2130 g/mol. The molecule has 0 fully saturated rings. The van der Waals surface area contributed by atoms with Crippen LogP contribution in [0.4, 0.5) is 0 Å². The Hall–Kier alpha value is -3.99. The summed E-state index contributed by atoms with van der Waals surface area (Å²) >= 11 is 0. The quantitative estimate of drug-likeness (QED) is 0.0153. The Balaban J connectivity index is -0.000000319. The third-order valence-electron chi connectivity index (χ3n) is 29.2. The van der Waals surface area contributed by atoms with Crippen LogP contribution in [-0.4, -0.2) is 145 Å². The molecule has 0 amide bonds. The monoisotopic (exact) mass is 2130 g/mol. The Kier molecular flexibility index (Phi) is 153. The smallest absolute Gasteiger partial charge is 0.342 e. The van der Waals surface area contributed by atoms with E-state index >= 15 is 0 Å². The fourth-order valence-electron chi connectivity index (χ4n) is 19.0. The number of aliphatic hydroxyl groups is 6. The molecule has 894 valence electrons. The zero-order valence-electron chi connectivity index (χ0n) is 99.2. The van der Waals surface area contributed by atoms with Gasteiger partial charge < -0.3 is 66.2 Å². The van der Waals surface area contributed by atoms with Gasteiger partial charge in [-0.2, -0.15) is 5.26 Å². The van der Waals surface area contributed by atoms with Crippen molar-refractivity contribution in [2.45, 2.75) is 772 Å². The van der Waals surface area contributed by atoms with Gasteiger partial charge in [-0.05, 0) is 51.4 Å². The number of carboxylic acids is 6. The van der Waals surface area contributed by atoms with Crippen molar-refractivity contribution >= 4 is 41.8 Å². The Morgan fingerprint density at radius 2 is 0.255 bits per heavy atom. The van der Waals surface area contributed by atoms with Gasteiger partial charge in [0.25, 0.3) is 0 Å². The minimum absolute atomic E-state index is 0.315. The summed E-state index contributed by atoms with van der Waals surface area (Å²) < 4.78 is 0. The average Bonchev–Trinajstić information content (AvgIpc) is 1.02. The van der Waals surface area contributed by atoms with E-state index in [-0.39, 0.29) is 0 Å². The topological polar surface area (TPSA) is 392 Å². The van der Waals surface area contributed by atoms with E-state index in [1.165, 1.54) is 546 Å². The van der Waals surface area contributed by atoms with Crippen LogP contribution in [0.3, 0.4) is 0 Å². The van der Waals surface area contributed by atoms with E-state index in [1.54, 1.807) is 0 Å². The van der Waals surface area contributed by atoms with Crippen molar-refractivity contribution in [1.82, 2.24) is 0 Å². The van der Waals surface area contributed by atoms with Gasteiger partial charge >= 0.3 is 41.8 Å². The fraction of sp³-hybridized carbons (Fsp3) is 0.945. The van der Waals surface area contributed by atoms with Crippen molar-refractivity contribution in [3.63, 3.8) is 0 Å². The molecular formula is C128H256O21. The first-order valence-electron chi connectivity index (χ1n) is 64.7. The summed E-state index contributed by atoms with van der Waals surface area (Å²) in [5, 5.41) is 113. The normalized spacial score (nSPS) is 12.0. The number of hydrogen-bond acceptors (Lipinski definition) is 15. The second-order valence-corrected chi connectivity index (χ2v) is 44.2. The van der Waals surface area contributed by atoms with E-state index in [0.717, 1.165) is 109 Å². The number of carbonyl (C=O) groups excluding carboxylic acids is 1. The Bertz CT molecular complexity index is 2540.